The van der Waals surface area contributed by atoms with Gasteiger partial charge in [0.25, 0.3) is 5.91 Å². The maximum Gasteiger partial charge on any atom is 0.255 e. The van der Waals surface area contributed by atoms with Crippen LogP contribution in [0, 0.1) is 0 Å². The first kappa shape index (κ1) is 17.8. The molecule has 1 aromatic carbocycles. The molecule has 1 rings (SSSR count). The van der Waals surface area contributed by atoms with E-state index in [2.05, 4.69) is 18.7 Å². The summed E-state index contributed by atoms with van der Waals surface area (Å²) >= 11 is 6.14. The van der Waals surface area contributed by atoms with E-state index in [0.717, 1.165) is 32.6 Å². The van der Waals surface area contributed by atoms with Crippen LogP contribution < -0.4 is 5.73 Å². The lowest BCUT2D eigenvalue weighted by Crippen LogP contribution is -2.34. The minimum atomic E-state index is -0.0469. The normalized spacial score (nSPS) is 10.9. The first-order valence-electron chi connectivity index (χ1n) is 7.60. The molecule has 4 nitrogen and oxygen atoms in total. The monoisotopic (exact) mass is 311 g/mol. The molecule has 0 saturated heterocycles. The zero-order chi connectivity index (χ0) is 15.8. The van der Waals surface area contributed by atoms with Crippen LogP contribution in [0.5, 0.6) is 0 Å². The number of hydrogen-bond acceptors (Lipinski definition) is 3. The van der Waals surface area contributed by atoms with Gasteiger partial charge in [-0.1, -0.05) is 31.5 Å². The van der Waals surface area contributed by atoms with E-state index in [1.54, 1.807) is 18.2 Å². The number of carbonyl (C=O) groups excluding carboxylic acids is 1. The van der Waals surface area contributed by atoms with Crippen LogP contribution in [0.1, 0.15) is 37.6 Å². The second-order valence-corrected chi connectivity index (χ2v) is 5.35. The molecule has 0 saturated carbocycles. The maximum atomic E-state index is 12.5. The van der Waals surface area contributed by atoms with Gasteiger partial charge in [-0.3, -0.25) is 4.79 Å². The molecule has 0 spiro atoms. The van der Waals surface area contributed by atoms with Crippen molar-refractivity contribution in [1.82, 2.24) is 9.80 Å². The lowest BCUT2D eigenvalue weighted by Gasteiger charge is -2.24. The summed E-state index contributed by atoms with van der Waals surface area (Å²) < 4.78 is 0. The summed E-state index contributed by atoms with van der Waals surface area (Å²) in [5, 5.41) is 0.352. The Morgan fingerprint density at radius 1 is 1.14 bits per heavy atom. The highest BCUT2D eigenvalue weighted by atomic mass is 35.5. The van der Waals surface area contributed by atoms with Crippen LogP contribution >= 0.6 is 11.6 Å². The van der Waals surface area contributed by atoms with E-state index in [-0.39, 0.29) is 5.91 Å². The Hall–Kier alpha value is -1.26. The van der Waals surface area contributed by atoms with Crippen molar-refractivity contribution >= 4 is 23.2 Å². The Kier molecular flexibility index (Phi) is 7.54. The lowest BCUT2D eigenvalue weighted by molar-refractivity contribution is 0.0757. The number of rotatable bonds is 8. The molecule has 0 aliphatic rings. The number of hydrogen-bond donors (Lipinski definition) is 1. The fourth-order valence-electron chi connectivity index (χ4n) is 2.31. The topological polar surface area (TPSA) is 49.6 Å². The van der Waals surface area contributed by atoms with Crippen LogP contribution in [0.3, 0.4) is 0 Å². The van der Waals surface area contributed by atoms with E-state index in [9.17, 15) is 4.79 Å². The van der Waals surface area contributed by atoms with Gasteiger partial charge < -0.3 is 15.5 Å². The number of halogens is 1. The van der Waals surface area contributed by atoms with Gasteiger partial charge in [0.15, 0.2) is 0 Å². The van der Waals surface area contributed by atoms with E-state index in [4.69, 9.17) is 17.3 Å². The van der Waals surface area contributed by atoms with Gasteiger partial charge in [0.1, 0.15) is 0 Å². The molecular weight excluding hydrogens is 286 g/mol. The zero-order valence-electron chi connectivity index (χ0n) is 13.2. The third-order valence-electron chi connectivity index (χ3n) is 3.72. The Bertz CT molecular complexity index is 461. The third kappa shape index (κ3) is 4.90. The van der Waals surface area contributed by atoms with Gasteiger partial charge >= 0.3 is 0 Å². The first-order valence-corrected chi connectivity index (χ1v) is 7.98. The average Bonchev–Trinajstić information content (AvgIpc) is 2.50. The number of benzene rings is 1. The van der Waals surface area contributed by atoms with Crippen LogP contribution in [-0.2, 0) is 0 Å². The number of nitrogens with zero attached hydrogens (tertiary/aromatic N) is 2. The van der Waals surface area contributed by atoms with Crippen LogP contribution in [0.25, 0.3) is 0 Å². The molecular formula is C16H26ClN3O. The summed E-state index contributed by atoms with van der Waals surface area (Å²) in [7, 11) is 0. The minimum absolute atomic E-state index is 0.0469. The molecule has 0 atom stereocenters. The number of nitrogen functional groups attached to an aromatic ring is 1. The highest BCUT2D eigenvalue weighted by Gasteiger charge is 2.18. The molecule has 1 amide bonds. The molecule has 0 fully saturated rings. The maximum absolute atomic E-state index is 12.5. The largest absolute Gasteiger partial charge is 0.398 e. The standard InChI is InChI=1S/C16H26ClN3O/c1-4-19(5-2)11-8-12-20(6-3)16(21)13-9-7-10-14(18)15(13)17/h7,9-10H,4-6,8,11-12,18H2,1-3H3. The molecule has 5 heteroatoms. The molecule has 2 N–H and O–H groups in total. The van der Waals surface area contributed by atoms with Gasteiger partial charge in [-0.15, -0.1) is 0 Å². The summed E-state index contributed by atoms with van der Waals surface area (Å²) in [6.07, 6.45) is 0.960. The lowest BCUT2D eigenvalue weighted by atomic mass is 10.1. The van der Waals surface area contributed by atoms with Crippen molar-refractivity contribution in [3.8, 4) is 0 Å². The van der Waals surface area contributed by atoms with Gasteiger partial charge in [-0.05, 0) is 45.1 Å². The molecule has 0 heterocycles. The Morgan fingerprint density at radius 3 is 2.38 bits per heavy atom. The van der Waals surface area contributed by atoms with Crippen molar-refractivity contribution in [2.45, 2.75) is 27.2 Å². The molecule has 0 aliphatic heterocycles. The molecule has 0 unspecified atom stereocenters. The van der Waals surface area contributed by atoms with E-state index in [1.807, 2.05) is 11.8 Å². The van der Waals surface area contributed by atoms with Crippen LogP contribution in [0.2, 0.25) is 5.02 Å². The number of amides is 1. The van der Waals surface area contributed by atoms with E-state index < -0.39 is 0 Å². The second kappa shape index (κ2) is 8.90. The van der Waals surface area contributed by atoms with Crippen molar-refractivity contribution in [2.24, 2.45) is 0 Å². The van der Waals surface area contributed by atoms with Crippen LogP contribution in [-0.4, -0.2) is 48.4 Å². The van der Waals surface area contributed by atoms with Crippen molar-refractivity contribution in [2.75, 3.05) is 38.5 Å². The Morgan fingerprint density at radius 2 is 1.81 bits per heavy atom. The van der Waals surface area contributed by atoms with E-state index in [1.165, 1.54) is 0 Å². The molecule has 0 radical (unpaired) electrons. The van der Waals surface area contributed by atoms with E-state index in [0.29, 0.717) is 22.8 Å². The summed E-state index contributed by atoms with van der Waals surface area (Å²) in [4.78, 5) is 16.7. The second-order valence-electron chi connectivity index (χ2n) is 4.97. The Balaban J connectivity index is 2.67. The smallest absolute Gasteiger partial charge is 0.255 e. The van der Waals surface area contributed by atoms with E-state index >= 15 is 0 Å². The van der Waals surface area contributed by atoms with Gasteiger partial charge in [-0.2, -0.15) is 0 Å². The minimum Gasteiger partial charge on any atom is -0.398 e. The van der Waals surface area contributed by atoms with Crippen molar-refractivity contribution in [3.05, 3.63) is 28.8 Å². The highest BCUT2D eigenvalue weighted by molar-refractivity contribution is 6.36. The fraction of sp³-hybridized carbons (Fsp3) is 0.562. The average molecular weight is 312 g/mol. The van der Waals surface area contributed by atoms with Gasteiger partial charge in [0.05, 0.1) is 16.3 Å². The molecule has 0 aromatic heterocycles. The molecule has 1 aromatic rings. The third-order valence-corrected chi connectivity index (χ3v) is 4.15. The van der Waals surface area contributed by atoms with Crippen molar-refractivity contribution in [1.29, 1.82) is 0 Å². The number of anilines is 1. The fourth-order valence-corrected chi connectivity index (χ4v) is 2.52. The number of carbonyl (C=O) groups is 1. The first-order chi connectivity index (χ1) is 10.0. The molecule has 21 heavy (non-hydrogen) atoms. The van der Waals surface area contributed by atoms with Crippen LogP contribution in [0.4, 0.5) is 5.69 Å². The summed E-state index contributed by atoms with van der Waals surface area (Å²) in [5.74, 6) is -0.0469. The summed E-state index contributed by atoms with van der Waals surface area (Å²) in [5.41, 5.74) is 6.70. The SMILES string of the molecule is CCN(CC)CCCN(CC)C(=O)c1cccc(N)c1Cl. The highest BCUT2D eigenvalue weighted by Crippen LogP contribution is 2.24. The summed E-state index contributed by atoms with van der Waals surface area (Å²) in [6.45, 7) is 10.8. The number of nitrogens with two attached hydrogens (primary N) is 1. The quantitative estimate of drug-likeness (QED) is 0.750. The zero-order valence-corrected chi connectivity index (χ0v) is 14.0. The van der Waals surface area contributed by atoms with Gasteiger partial charge in [0, 0.05) is 13.1 Å². The van der Waals surface area contributed by atoms with Crippen molar-refractivity contribution in [3.63, 3.8) is 0 Å². The van der Waals surface area contributed by atoms with Gasteiger partial charge in [-0.25, -0.2) is 0 Å². The van der Waals surface area contributed by atoms with Gasteiger partial charge in [0.2, 0.25) is 0 Å². The Labute approximate surface area is 132 Å². The summed E-state index contributed by atoms with van der Waals surface area (Å²) in [6, 6.07) is 5.20. The molecule has 0 aliphatic carbocycles. The predicted octanol–water partition coefficient (Wildman–Crippen LogP) is 3.12. The molecule has 0 bridgehead atoms. The molecule has 118 valence electrons. The van der Waals surface area contributed by atoms with Crippen molar-refractivity contribution < 1.29 is 4.79 Å². The predicted molar refractivity (Wildman–Crippen MR) is 89.8 cm³/mol. The van der Waals surface area contributed by atoms with Crippen LogP contribution in [0.15, 0.2) is 18.2 Å².